The van der Waals surface area contributed by atoms with Crippen molar-refractivity contribution < 1.29 is 18.2 Å². The van der Waals surface area contributed by atoms with Crippen molar-refractivity contribution in [2.45, 2.75) is 0 Å². The van der Waals surface area contributed by atoms with Crippen molar-refractivity contribution in [1.29, 1.82) is 0 Å². The fourth-order valence-corrected chi connectivity index (χ4v) is 2.44. The molecule has 1 aromatic carbocycles. The van der Waals surface area contributed by atoms with Crippen LogP contribution in [0.1, 0.15) is 0 Å². The van der Waals surface area contributed by atoms with E-state index in [1.807, 2.05) is 12.1 Å². The zero-order valence-corrected chi connectivity index (χ0v) is 14.3. The average Bonchev–Trinajstić information content (AvgIpc) is 2.40. The minimum atomic E-state index is 0.938. The number of fused-ring (bicyclic) bond motifs is 3. The van der Waals surface area contributed by atoms with Gasteiger partial charge in [0.1, 0.15) is 0 Å². The molecule has 0 bridgehead atoms. The summed E-state index contributed by atoms with van der Waals surface area (Å²) in [5.41, 5.74) is 1.88. The minimum absolute atomic E-state index is 0.938. The Balaban J connectivity index is 0.000000574. The summed E-state index contributed by atoms with van der Waals surface area (Å²) >= 11 is 9.06. The number of nitrogens with zero attached hydrogens (tertiary/aromatic N) is 2. The number of hydrogen-bond donors (Lipinski definition) is 0. The van der Waals surface area contributed by atoms with E-state index in [4.69, 9.17) is 0 Å². The molecule has 0 saturated heterocycles. The first-order chi connectivity index (χ1) is 8.74. The predicted molar refractivity (Wildman–Crippen MR) is 78.3 cm³/mol. The summed E-state index contributed by atoms with van der Waals surface area (Å²) < 4.78 is 1.97. The van der Waals surface area contributed by atoms with Gasteiger partial charge >= 0.3 is 27.7 Å². The van der Waals surface area contributed by atoms with Crippen LogP contribution >= 0.6 is 41.4 Å². The molecule has 0 aliphatic carbocycles. The maximum atomic E-state index is 4.49. The Morgan fingerprint density at radius 2 is 1.22 bits per heavy atom. The monoisotopic (exact) mass is 477 g/mol. The van der Waals surface area contributed by atoms with Crippen LogP contribution < -0.4 is 0 Å². The zero-order valence-electron chi connectivity index (χ0n) is 8.81. The fraction of sp³-hybridized carbons (Fsp3) is 0. The molecule has 0 aliphatic heterocycles. The van der Waals surface area contributed by atoms with Gasteiger partial charge in [0.15, 0.2) is 0 Å². The van der Waals surface area contributed by atoms with Crippen molar-refractivity contribution in [3.8, 4) is 0 Å². The van der Waals surface area contributed by atoms with Crippen molar-refractivity contribution in [3.05, 3.63) is 45.6 Å². The maximum absolute atomic E-state index is 4.49. The fourth-order valence-electron chi connectivity index (χ4n) is 1.74. The second-order valence-corrected chi connectivity index (χ2v) is 5.35. The third-order valence-corrected chi connectivity index (χ3v) is 3.30. The summed E-state index contributed by atoms with van der Waals surface area (Å²) in [6, 6.07) is 8.21. The topological polar surface area (TPSA) is 25.8 Å². The Morgan fingerprint density at radius 1 is 0.833 bits per heavy atom. The van der Waals surface area contributed by atoms with Crippen molar-refractivity contribution in [2.75, 3.05) is 0 Å². The van der Waals surface area contributed by atoms with Crippen molar-refractivity contribution >= 4 is 63.2 Å². The van der Waals surface area contributed by atoms with E-state index in [1.54, 1.807) is 12.4 Å². The van der Waals surface area contributed by atoms with Gasteiger partial charge < -0.3 is 0 Å². The molecule has 0 aliphatic rings. The number of halogens is 3. The molecule has 6 heteroatoms. The van der Waals surface area contributed by atoms with Gasteiger partial charge in [0.25, 0.3) is 0 Å². The molecule has 18 heavy (non-hydrogen) atoms. The van der Waals surface area contributed by atoms with E-state index in [2.05, 4.69) is 81.7 Å². The molecule has 0 unspecified atom stereocenters. The molecule has 2 aromatic heterocycles. The number of aromatic nitrogens is 2. The Morgan fingerprint density at radius 3 is 1.61 bits per heavy atom. The summed E-state index contributed by atoms with van der Waals surface area (Å²) in [6.45, 7) is 0. The van der Waals surface area contributed by atoms with Crippen LogP contribution in [0.5, 0.6) is 0 Å². The first-order valence-electron chi connectivity index (χ1n) is 4.85. The normalized spacial score (nSPS) is 10.3. The van der Waals surface area contributed by atoms with Gasteiger partial charge in [0.05, 0.1) is 11.0 Å². The first-order valence-corrected chi connectivity index (χ1v) is 8.44. The third-order valence-electron chi connectivity index (χ3n) is 2.43. The van der Waals surface area contributed by atoms with Crippen LogP contribution in [0.3, 0.4) is 0 Å². The molecule has 0 atom stereocenters. The molecule has 2 heterocycles. The molecule has 0 fully saturated rings. The quantitative estimate of drug-likeness (QED) is 0.335. The van der Waals surface area contributed by atoms with Crippen LogP contribution in [0.25, 0.3) is 21.8 Å². The molecule has 0 saturated carbocycles. The van der Waals surface area contributed by atoms with Gasteiger partial charge in [-0.1, -0.05) is 12.1 Å². The molecule has 0 spiro atoms. The molecule has 0 amide bonds. The van der Waals surface area contributed by atoms with E-state index in [0.717, 1.165) is 30.8 Å². The van der Waals surface area contributed by atoms with E-state index in [9.17, 15) is 0 Å². The van der Waals surface area contributed by atoms with Crippen LogP contribution in [0.4, 0.5) is 0 Å². The summed E-state index contributed by atoms with van der Waals surface area (Å²) in [5.74, 6) is 0. The molecule has 0 N–H and O–H groups in total. The van der Waals surface area contributed by atoms with Gasteiger partial charge in [-0.2, -0.15) is 0 Å². The van der Waals surface area contributed by atoms with Crippen LogP contribution in [0.2, 0.25) is 0 Å². The molecular weight excluding hydrogens is 474 g/mol. The second-order valence-electron chi connectivity index (χ2n) is 3.52. The van der Waals surface area contributed by atoms with Gasteiger partial charge in [0, 0.05) is 32.1 Å². The zero-order chi connectivity index (χ0) is 13.1. The van der Waals surface area contributed by atoms with E-state index in [-0.39, 0.29) is 0 Å². The Kier molecular flexibility index (Phi) is 5.11. The third kappa shape index (κ3) is 2.92. The van der Waals surface area contributed by atoms with Crippen LogP contribution in [0.15, 0.2) is 45.6 Å². The first kappa shape index (κ1) is 14.4. The van der Waals surface area contributed by atoms with Gasteiger partial charge in [-0.15, -0.1) is 0 Å². The number of pyridine rings is 2. The van der Waals surface area contributed by atoms with Gasteiger partial charge in [-0.05, 0) is 44.0 Å². The molecule has 0 radical (unpaired) electrons. The molecule has 2 nitrogen and oxygen atoms in total. The van der Waals surface area contributed by atoms with Crippen LogP contribution in [-0.2, 0) is 18.2 Å². The molecule has 3 aromatic rings. The molecular formula is C12H6Br2ClN2Pd. The summed E-state index contributed by atoms with van der Waals surface area (Å²) in [6.07, 6.45) is 3.59. The summed E-state index contributed by atoms with van der Waals surface area (Å²) in [5, 5.41) is 2.19. The van der Waals surface area contributed by atoms with Gasteiger partial charge in [-0.3, -0.25) is 9.97 Å². The van der Waals surface area contributed by atoms with Crippen molar-refractivity contribution in [2.24, 2.45) is 0 Å². The van der Waals surface area contributed by atoms with E-state index in [1.165, 1.54) is 0 Å². The Hall–Kier alpha value is -0.0477. The van der Waals surface area contributed by atoms with Gasteiger partial charge in [0.2, 0.25) is 0 Å². The van der Waals surface area contributed by atoms with E-state index < -0.39 is 0 Å². The van der Waals surface area contributed by atoms with Gasteiger partial charge in [-0.25, -0.2) is 0 Å². The molecule has 3 rings (SSSR count). The average molecular weight is 480 g/mol. The molecule has 95 valence electrons. The van der Waals surface area contributed by atoms with Crippen molar-refractivity contribution in [1.82, 2.24) is 9.97 Å². The van der Waals surface area contributed by atoms with Crippen LogP contribution in [0, 0.1) is 0 Å². The predicted octanol–water partition coefficient (Wildman–Crippen LogP) is 5.00. The number of hydrogen-bond acceptors (Lipinski definition) is 2. The SMILES string of the molecule is Brc1cnc2c(ccc3cc(Br)cnc32)c1.[Cl][Pd]. The Bertz CT molecular complexity index is 645. The van der Waals surface area contributed by atoms with Crippen LogP contribution in [-0.4, -0.2) is 9.97 Å². The number of rotatable bonds is 0. The summed E-state index contributed by atoms with van der Waals surface area (Å²) in [4.78, 5) is 8.83. The second kappa shape index (κ2) is 6.41. The standard InChI is InChI=1S/C12H6Br2N2.ClH.Pd/c13-9-3-7-1-2-8-4-10(14)6-16-12(8)11(7)15-5-9;;/h1-6H;1H;/q;;+1/p-1. The van der Waals surface area contributed by atoms with E-state index in [0.29, 0.717) is 0 Å². The Labute approximate surface area is 136 Å². The van der Waals surface area contributed by atoms with E-state index >= 15 is 0 Å². The number of benzene rings is 1. The summed E-state index contributed by atoms with van der Waals surface area (Å²) in [7, 11) is 4.49. The van der Waals surface area contributed by atoms with Crippen molar-refractivity contribution in [3.63, 3.8) is 0 Å².